The summed E-state index contributed by atoms with van der Waals surface area (Å²) in [7, 11) is 0. The second kappa shape index (κ2) is 7.81. The van der Waals surface area contributed by atoms with E-state index in [9.17, 15) is 4.79 Å². The van der Waals surface area contributed by atoms with E-state index in [0.717, 1.165) is 22.6 Å². The quantitative estimate of drug-likeness (QED) is 0.762. The summed E-state index contributed by atoms with van der Waals surface area (Å²) in [6.45, 7) is 3.33. The molecule has 24 heavy (non-hydrogen) atoms. The standard InChI is InChI=1S/C18H19ClN2O2S/c1-2-9-21(18(22)17-4-3-10-24-17)12-15-11-16(20-23-15)13-5-7-14(19)8-6-13/h3-8,10,15H,2,9,11-12H2,1H3. The lowest BCUT2D eigenvalue weighted by atomic mass is 10.0. The average Bonchev–Trinajstić information content (AvgIpc) is 3.26. The summed E-state index contributed by atoms with van der Waals surface area (Å²) in [4.78, 5) is 20.8. The lowest BCUT2D eigenvalue weighted by Crippen LogP contribution is -2.37. The predicted molar refractivity (Wildman–Crippen MR) is 98.0 cm³/mol. The van der Waals surface area contributed by atoms with E-state index in [1.807, 2.05) is 46.7 Å². The molecule has 1 atom stereocenters. The molecule has 0 aliphatic carbocycles. The second-order valence-corrected chi connectivity index (χ2v) is 7.09. The van der Waals surface area contributed by atoms with Crippen LogP contribution in [0.2, 0.25) is 5.02 Å². The number of benzene rings is 1. The summed E-state index contributed by atoms with van der Waals surface area (Å²) >= 11 is 7.39. The van der Waals surface area contributed by atoms with Crippen molar-refractivity contribution < 1.29 is 9.63 Å². The molecule has 1 aromatic heterocycles. The number of hydrogen-bond acceptors (Lipinski definition) is 4. The number of nitrogens with zero attached hydrogens (tertiary/aromatic N) is 2. The van der Waals surface area contributed by atoms with Crippen LogP contribution in [0.3, 0.4) is 0 Å². The molecule has 4 nitrogen and oxygen atoms in total. The minimum absolute atomic E-state index is 0.0652. The molecule has 2 aromatic rings. The van der Waals surface area contributed by atoms with Crippen LogP contribution >= 0.6 is 22.9 Å². The first-order valence-corrected chi connectivity index (χ1v) is 9.24. The minimum Gasteiger partial charge on any atom is -0.390 e. The molecular weight excluding hydrogens is 344 g/mol. The van der Waals surface area contributed by atoms with E-state index in [1.165, 1.54) is 11.3 Å². The van der Waals surface area contributed by atoms with E-state index < -0.39 is 0 Å². The zero-order valence-corrected chi connectivity index (χ0v) is 15.0. The van der Waals surface area contributed by atoms with Crippen molar-refractivity contribution in [1.29, 1.82) is 0 Å². The molecule has 1 amide bonds. The Labute approximate surface area is 150 Å². The summed E-state index contributed by atoms with van der Waals surface area (Å²) in [5.74, 6) is 0.0652. The number of carbonyl (C=O) groups excluding carboxylic acids is 1. The van der Waals surface area contributed by atoms with Gasteiger partial charge in [-0.25, -0.2) is 0 Å². The minimum atomic E-state index is -0.105. The maximum atomic E-state index is 12.6. The molecule has 6 heteroatoms. The van der Waals surface area contributed by atoms with E-state index in [-0.39, 0.29) is 12.0 Å². The lowest BCUT2D eigenvalue weighted by Gasteiger charge is -2.23. The van der Waals surface area contributed by atoms with Gasteiger partial charge < -0.3 is 9.74 Å². The van der Waals surface area contributed by atoms with Crippen molar-refractivity contribution in [2.75, 3.05) is 13.1 Å². The maximum absolute atomic E-state index is 12.6. The highest BCUT2D eigenvalue weighted by Gasteiger charge is 2.27. The molecule has 3 rings (SSSR count). The van der Waals surface area contributed by atoms with Gasteiger partial charge in [0.05, 0.1) is 17.1 Å². The zero-order chi connectivity index (χ0) is 16.9. The highest BCUT2D eigenvalue weighted by Crippen LogP contribution is 2.21. The number of carbonyl (C=O) groups is 1. The topological polar surface area (TPSA) is 41.9 Å². The molecular formula is C18H19ClN2O2S. The maximum Gasteiger partial charge on any atom is 0.264 e. The molecule has 1 aliphatic rings. The molecule has 0 N–H and O–H groups in total. The Balaban J connectivity index is 1.63. The van der Waals surface area contributed by atoms with Crippen LogP contribution in [0.4, 0.5) is 0 Å². The van der Waals surface area contributed by atoms with E-state index in [0.29, 0.717) is 24.5 Å². The number of rotatable bonds is 6. The summed E-state index contributed by atoms with van der Waals surface area (Å²) in [5, 5.41) is 6.81. The molecule has 0 spiro atoms. The van der Waals surface area contributed by atoms with Crippen molar-refractivity contribution in [3.8, 4) is 0 Å². The average molecular weight is 363 g/mol. The largest absolute Gasteiger partial charge is 0.390 e. The highest BCUT2D eigenvalue weighted by atomic mass is 35.5. The van der Waals surface area contributed by atoms with Crippen molar-refractivity contribution in [2.24, 2.45) is 5.16 Å². The van der Waals surface area contributed by atoms with Crippen LogP contribution in [0, 0.1) is 0 Å². The fourth-order valence-corrected chi connectivity index (χ4v) is 3.50. The Hall–Kier alpha value is -1.85. The number of thiophene rings is 1. The van der Waals surface area contributed by atoms with E-state index in [1.54, 1.807) is 0 Å². The fourth-order valence-electron chi connectivity index (χ4n) is 2.69. The SMILES string of the molecule is CCCN(CC1CC(c2ccc(Cl)cc2)=NO1)C(=O)c1cccs1. The Morgan fingerprint density at radius 3 is 2.83 bits per heavy atom. The van der Waals surface area contributed by atoms with Crippen LogP contribution < -0.4 is 0 Å². The van der Waals surface area contributed by atoms with Gasteiger partial charge in [-0.05, 0) is 35.6 Å². The van der Waals surface area contributed by atoms with Gasteiger partial charge >= 0.3 is 0 Å². The van der Waals surface area contributed by atoms with Gasteiger partial charge in [0.2, 0.25) is 0 Å². The zero-order valence-electron chi connectivity index (χ0n) is 13.4. The summed E-state index contributed by atoms with van der Waals surface area (Å²) < 4.78 is 0. The second-order valence-electron chi connectivity index (χ2n) is 5.70. The van der Waals surface area contributed by atoms with Gasteiger partial charge in [-0.1, -0.05) is 41.9 Å². The van der Waals surface area contributed by atoms with Crippen molar-refractivity contribution in [1.82, 2.24) is 4.90 Å². The third-order valence-corrected chi connectivity index (χ3v) is 4.96. The van der Waals surface area contributed by atoms with E-state index in [4.69, 9.17) is 16.4 Å². The molecule has 0 saturated heterocycles. The molecule has 1 aliphatic heterocycles. The fraction of sp³-hybridized carbons (Fsp3) is 0.333. The summed E-state index contributed by atoms with van der Waals surface area (Å²) in [6, 6.07) is 11.3. The predicted octanol–water partition coefficient (Wildman–Crippen LogP) is 4.45. The molecule has 126 valence electrons. The Morgan fingerprint density at radius 1 is 1.38 bits per heavy atom. The van der Waals surface area contributed by atoms with E-state index >= 15 is 0 Å². The number of amides is 1. The molecule has 1 unspecified atom stereocenters. The first-order valence-electron chi connectivity index (χ1n) is 7.98. The van der Waals surface area contributed by atoms with Crippen LogP contribution in [0.15, 0.2) is 46.9 Å². The number of hydrogen-bond donors (Lipinski definition) is 0. The van der Waals surface area contributed by atoms with Gasteiger partial charge in [0.25, 0.3) is 5.91 Å². The van der Waals surface area contributed by atoms with Gasteiger partial charge in [0, 0.05) is 18.0 Å². The van der Waals surface area contributed by atoms with Crippen molar-refractivity contribution >= 4 is 34.6 Å². The van der Waals surface area contributed by atoms with Crippen LogP contribution in [-0.2, 0) is 4.84 Å². The monoisotopic (exact) mass is 362 g/mol. The summed E-state index contributed by atoms with van der Waals surface area (Å²) in [5.41, 5.74) is 1.91. The molecule has 1 aromatic carbocycles. The lowest BCUT2D eigenvalue weighted by molar-refractivity contribution is 0.0426. The van der Waals surface area contributed by atoms with E-state index in [2.05, 4.69) is 12.1 Å². The third kappa shape index (κ3) is 3.97. The first-order chi connectivity index (χ1) is 11.7. The van der Waals surface area contributed by atoms with Crippen LogP contribution in [0.1, 0.15) is 35.0 Å². The molecule has 0 fully saturated rings. The number of halogens is 1. The van der Waals surface area contributed by atoms with Crippen LogP contribution in [0.25, 0.3) is 0 Å². The molecule has 0 saturated carbocycles. The van der Waals surface area contributed by atoms with Gasteiger partial charge in [-0.3, -0.25) is 4.79 Å². The van der Waals surface area contributed by atoms with Gasteiger partial charge in [0.1, 0.15) is 0 Å². The van der Waals surface area contributed by atoms with Crippen molar-refractivity contribution in [3.63, 3.8) is 0 Å². The summed E-state index contributed by atoms with van der Waals surface area (Å²) in [6.07, 6.45) is 1.50. The highest BCUT2D eigenvalue weighted by molar-refractivity contribution is 7.12. The molecule has 2 heterocycles. The van der Waals surface area contributed by atoms with Crippen LogP contribution in [-0.4, -0.2) is 35.7 Å². The Morgan fingerprint density at radius 2 is 2.17 bits per heavy atom. The van der Waals surface area contributed by atoms with Gasteiger partial charge in [-0.15, -0.1) is 11.3 Å². The number of oxime groups is 1. The Bertz CT molecular complexity index is 713. The Kier molecular flexibility index (Phi) is 5.53. The van der Waals surface area contributed by atoms with Crippen molar-refractivity contribution in [2.45, 2.75) is 25.9 Å². The van der Waals surface area contributed by atoms with Gasteiger partial charge in [0.15, 0.2) is 6.10 Å². The molecule has 0 radical (unpaired) electrons. The normalized spacial score (nSPS) is 16.6. The third-order valence-electron chi connectivity index (χ3n) is 3.85. The molecule has 0 bridgehead atoms. The van der Waals surface area contributed by atoms with Crippen molar-refractivity contribution in [3.05, 3.63) is 57.2 Å². The van der Waals surface area contributed by atoms with Crippen LogP contribution in [0.5, 0.6) is 0 Å². The smallest absolute Gasteiger partial charge is 0.264 e. The first kappa shape index (κ1) is 17.0. The van der Waals surface area contributed by atoms with Gasteiger partial charge in [-0.2, -0.15) is 0 Å².